The van der Waals surface area contributed by atoms with Crippen molar-refractivity contribution in [1.29, 1.82) is 0 Å². The van der Waals surface area contributed by atoms with Gasteiger partial charge in [-0.2, -0.15) is 4.37 Å². The zero-order chi connectivity index (χ0) is 13.1. The number of aryl methyl sites for hydroxylation is 1. The molecular weight excluding hydrogens is 274 g/mol. The number of hydrogen-bond donors (Lipinski definition) is 1. The Kier molecular flexibility index (Phi) is 4.15. The van der Waals surface area contributed by atoms with Crippen LogP contribution in [0, 0.1) is 0 Å². The Morgan fingerprint density at radius 2 is 2.11 bits per heavy atom. The number of hydrogen-bond acceptors (Lipinski definition) is 5. The Bertz CT molecular complexity index is 532. The summed E-state index contributed by atoms with van der Waals surface area (Å²) in [6.45, 7) is 3.06. The van der Waals surface area contributed by atoms with Crippen molar-refractivity contribution in [2.45, 2.75) is 48.0 Å². The maximum Gasteiger partial charge on any atom is 0.174 e. The molecule has 3 nitrogen and oxygen atoms in total. The molecule has 2 aromatic rings. The van der Waals surface area contributed by atoms with Crippen LogP contribution >= 0.6 is 23.3 Å². The van der Waals surface area contributed by atoms with Crippen LogP contribution in [-0.2, 0) is 13.0 Å². The van der Waals surface area contributed by atoms with E-state index in [1.165, 1.54) is 34.8 Å². The third-order valence-corrected chi connectivity index (χ3v) is 4.86. The maximum atomic E-state index is 4.47. The summed E-state index contributed by atoms with van der Waals surface area (Å²) in [5.41, 5.74) is 1.35. The average Bonchev–Trinajstić information content (AvgIpc) is 3.17. The Balaban J connectivity index is 1.58. The highest BCUT2D eigenvalue weighted by molar-refractivity contribution is 8.01. The molecule has 1 aromatic heterocycles. The van der Waals surface area contributed by atoms with Gasteiger partial charge in [0.25, 0.3) is 0 Å². The summed E-state index contributed by atoms with van der Waals surface area (Å²) in [6, 6.07) is 9.49. The smallest absolute Gasteiger partial charge is 0.174 e. The van der Waals surface area contributed by atoms with Crippen LogP contribution in [-0.4, -0.2) is 15.4 Å². The molecule has 1 saturated carbocycles. The minimum Gasteiger partial charge on any atom is -0.310 e. The molecular formula is C14H17N3S2. The normalized spacial score (nSPS) is 14.8. The minimum atomic E-state index is 0.767. The molecule has 0 spiro atoms. The van der Waals surface area contributed by atoms with Crippen LogP contribution < -0.4 is 5.32 Å². The maximum absolute atomic E-state index is 4.47. The van der Waals surface area contributed by atoms with Gasteiger partial charge in [-0.25, -0.2) is 4.98 Å². The molecule has 1 heterocycles. The summed E-state index contributed by atoms with van der Waals surface area (Å²) >= 11 is 3.18. The van der Waals surface area contributed by atoms with Crippen LogP contribution in [0.3, 0.4) is 0 Å². The number of benzene rings is 1. The van der Waals surface area contributed by atoms with Crippen LogP contribution in [0.4, 0.5) is 0 Å². The highest BCUT2D eigenvalue weighted by Crippen LogP contribution is 2.29. The molecule has 0 aliphatic heterocycles. The van der Waals surface area contributed by atoms with Gasteiger partial charge < -0.3 is 5.32 Å². The van der Waals surface area contributed by atoms with Crippen molar-refractivity contribution < 1.29 is 0 Å². The number of aromatic nitrogens is 2. The van der Waals surface area contributed by atoms with Crippen molar-refractivity contribution in [3.8, 4) is 0 Å². The summed E-state index contributed by atoms with van der Waals surface area (Å²) in [4.78, 5) is 5.70. The lowest BCUT2D eigenvalue weighted by Crippen LogP contribution is -2.14. The summed E-state index contributed by atoms with van der Waals surface area (Å²) in [6.07, 6.45) is 3.58. The fourth-order valence-corrected chi connectivity index (χ4v) is 3.42. The Morgan fingerprint density at radius 3 is 2.74 bits per heavy atom. The molecule has 1 N–H and O–H groups in total. The van der Waals surface area contributed by atoms with Gasteiger partial charge >= 0.3 is 0 Å². The summed E-state index contributed by atoms with van der Waals surface area (Å²) in [7, 11) is 0. The van der Waals surface area contributed by atoms with Crippen LogP contribution in [0.25, 0.3) is 0 Å². The van der Waals surface area contributed by atoms with Gasteiger partial charge in [-0.3, -0.25) is 0 Å². The van der Waals surface area contributed by atoms with Crippen molar-refractivity contribution >= 4 is 23.3 Å². The van der Waals surface area contributed by atoms with Gasteiger partial charge in [0.1, 0.15) is 5.82 Å². The molecule has 19 heavy (non-hydrogen) atoms. The van der Waals surface area contributed by atoms with Crippen LogP contribution in [0.5, 0.6) is 0 Å². The van der Waals surface area contributed by atoms with E-state index in [0.717, 1.165) is 29.2 Å². The zero-order valence-corrected chi connectivity index (χ0v) is 12.6. The lowest BCUT2D eigenvalue weighted by Gasteiger charge is -2.04. The first-order valence-electron chi connectivity index (χ1n) is 6.66. The van der Waals surface area contributed by atoms with Crippen molar-refractivity contribution in [2.75, 3.05) is 0 Å². The second-order valence-corrected chi connectivity index (χ2v) is 6.80. The zero-order valence-electron chi connectivity index (χ0n) is 10.9. The quantitative estimate of drug-likeness (QED) is 0.884. The standard InChI is InChI=1S/C14H17N3S2/c1-2-13-16-14(19-17-13)18-12-7-3-10(4-8-12)9-15-11-5-6-11/h3-4,7-8,11,15H,2,5-6,9H2,1H3. The fraction of sp³-hybridized carbons (Fsp3) is 0.429. The third kappa shape index (κ3) is 3.78. The van der Waals surface area contributed by atoms with Crippen LogP contribution in [0.1, 0.15) is 31.2 Å². The van der Waals surface area contributed by atoms with E-state index >= 15 is 0 Å². The lowest BCUT2D eigenvalue weighted by molar-refractivity contribution is 0.687. The predicted octanol–water partition coefficient (Wildman–Crippen LogP) is 3.50. The van der Waals surface area contributed by atoms with Gasteiger partial charge in [0, 0.05) is 23.9 Å². The summed E-state index contributed by atoms with van der Waals surface area (Å²) in [5, 5.41) is 3.53. The molecule has 0 saturated heterocycles. The van der Waals surface area contributed by atoms with E-state index in [2.05, 4.69) is 45.9 Å². The molecule has 0 bridgehead atoms. The lowest BCUT2D eigenvalue weighted by atomic mass is 10.2. The summed E-state index contributed by atoms with van der Waals surface area (Å²) in [5.74, 6) is 0.942. The van der Waals surface area contributed by atoms with Crippen molar-refractivity contribution in [3.05, 3.63) is 35.7 Å². The topological polar surface area (TPSA) is 37.8 Å². The number of nitrogens with one attached hydrogen (secondary N) is 1. The molecule has 0 unspecified atom stereocenters. The van der Waals surface area contributed by atoms with E-state index in [4.69, 9.17) is 0 Å². The third-order valence-electron chi connectivity index (χ3n) is 3.07. The van der Waals surface area contributed by atoms with E-state index in [0.29, 0.717) is 0 Å². The summed E-state index contributed by atoms with van der Waals surface area (Å²) < 4.78 is 5.33. The highest BCUT2D eigenvalue weighted by Gasteiger charge is 2.19. The molecule has 1 aromatic carbocycles. The molecule has 5 heteroatoms. The first-order valence-corrected chi connectivity index (χ1v) is 8.25. The average molecular weight is 291 g/mol. The van der Waals surface area contributed by atoms with E-state index < -0.39 is 0 Å². The molecule has 0 radical (unpaired) electrons. The largest absolute Gasteiger partial charge is 0.310 e. The second kappa shape index (κ2) is 6.03. The van der Waals surface area contributed by atoms with Crippen LogP contribution in [0.2, 0.25) is 0 Å². The molecule has 1 aliphatic rings. The molecule has 0 atom stereocenters. The SMILES string of the molecule is CCc1nsc(Sc2ccc(CNC3CC3)cc2)n1. The second-order valence-electron chi connectivity index (χ2n) is 4.73. The van der Waals surface area contributed by atoms with Gasteiger partial charge in [0.2, 0.25) is 0 Å². The predicted molar refractivity (Wildman–Crippen MR) is 79.7 cm³/mol. The van der Waals surface area contributed by atoms with Crippen molar-refractivity contribution in [3.63, 3.8) is 0 Å². The molecule has 1 fully saturated rings. The minimum absolute atomic E-state index is 0.767. The molecule has 1 aliphatic carbocycles. The van der Waals surface area contributed by atoms with Crippen molar-refractivity contribution in [2.24, 2.45) is 0 Å². The number of nitrogens with zero attached hydrogens (tertiary/aromatic N) is 2. The molecule has 100 valence electrons. The van der Waals surface area contributed by atoms with E-state index in [9.17, 15) is 0 Å². The first kappa shape index (κ1) is 13.1. The van der Waals surface area contributed by atoms with Crippen molar-refractivity contribution in [1.82, 2.24) is 14.7 Å². The Hall–Kier alpha value is -0.910. The Morgan fingerprint density at radius 1 is 1.32 bits per heavy atom. The monoisotopic (exact) mass is 291 g/mol. The van der Waals surface area contributed by atoms with Crippen LogP contribution in [0.15, 0.2) is 33.5 Å². The highest BCUT2D eigenvalue weighted by atomic mass is 32.2. The van der Waals surface area contributed by atoms with Gasteiger partial charge in [-0.1, -0.05) is 30.8 Å². The first-order chi connectivity index (χ1) is 9.33. The van der Waals surface area contributed by atoms with Gasteiger partial charge in [-0.15, -0.1) is 0 Å². The van der Waals surface area contributed by atoms with Gasteiger partial charge in [-0.05, 0) is 42.1 Å². The van der Waals surface area contributed by atoms with E-state index in [1.54, 1.807) is 11.8 Å². The van der Waals surface area contributed by atoms with Gasteiger partial charge in [0.15, 0.2) is 4.34 Å². The van der Waals surface area contributed by atoms with Gasteiger partial charge in [0.05, 0.1) is 0 Å². The molecule has 3 rings (SSSR count). The molecule has 0 amide bonds. The fourth-order valence-electron chi connectivity index (χ4n) is 1.75. The Labute approximate surface area is 122 Å². The number of rotatable bonds is 6. The van der Waals surface area contributed by atoms with E-state index in [1.807, 2.05) is 0 Å². The van der Waals surface area contributed by atoms with E-state index in [-0.39, 0.29) is 0 Å².